The molecule has 1 amide bonds. The molecule has 2 aromatic carbocycles. The fourth-order valence-corrected chi connectivity index (χ4v) is 14.1. The number of rotatable bonds is 6. The highest BCUT2D eigenvalue weighted by Crippen LogP contribution is 2.68. The van der Waals surface area contributed by atoms with Crippen LogP contribution in [0.4, 0.5) is 5.69 Å². The predicted octanol–water partition coefficient (Wildman–Crippen LogP) is 4.70. The van der Waals surface area contributed by atoms with E-state index >= 15 is 0 Å². The van der Waals surface area contributed by atoms with Crippen molar-refractivity contribution in [2.75, 3.05) is 51.8 Å². The number of piperidine rings is 1. The molecule has 3 N–H and O–H groups in total. The van der Waals surface area contributed by atoms with Gasteiger partial charge in [0.05, 0.1) is 18.7 Å². The van der Waals surface area contributed by atoms with Crippen LogP contribution < -0.4 is 10.2 Å². The third-order valence-electron chi connectivity index (χ3n) is 15.9. The highest BCUT2D eigenvalue weighted by atomic mass is 16.6. The second-order valence-electron chi connectivity index (χ2n) is 19.1. The number of ether oxygens (including phenoxy) is 2. The minimum atomic E-state index is -2.17. The van der Waals surface area contributed by atoms with Gasteiger partial charge >= 0.3 is 18.1 Å². The van der Waals surface area contributed by atoms with Crippen molar-refractivity contribution in [1.82, 2.24) is 20.1 Å². The van der Waals surface area contributed by atoms with E-state index in [-0.39, 0.29) is 23.6 Å². The maximum absolute atomic E-state index is 14.4. The van der Waals surface area contributed by atoms with Crippen LogP contribution in [0.2, 0.25) is 0 Å². The summed E-state index contributed by atoms with van der Waals surface area (Å²) in [5, 5.41) is 18.0. The summed E-state index contributed by atoms with van der Waals surface area (Å²) in [4.78, 5) is 67.5. The number of fused-ring (bicyclic) bond motifs is 6. The standard InChI is InChI=1S/C47H61N5O6.CO2/c1-9-44(49-29(4)53)25-31-24-43(6,38-33(16-20-51(26-31)27-44)32-14-11-12-15-36(32)48-38)34-23-35-37(22-28(34)3)50(7)40-46(35)18-21-52-19-13-17-45(10-2,39(46)52)41(58-30(5)54)47(40,56)42(55)57-8;2-1-3/h11-15,17,22-23,31,39-41,48,56H,9-10,16,18-21,24-27H2,1-8H3,(H,49,53);/t31-,39-,40?,41+,43+,44?,45+,46+,47-;/m0./s1. The average Bonchev–Trinajstić information content (AvgIpc) is 3.88. The quantitative estimate of drug-likeness (QED) is 0.233. The largest absolute Gasteiger partial charge is 0.467 e. The number of anilines is 1. The Balaban J connectivity index is 0.00000166. The first kappa shape index (κ1) is 42.9. The molecule has 1 aromatic heterocycles. The number of hydrogen-bond acceptors (Lipinski definition) is 11. The van der Waals surface area contributed by atoms with E-state index in [1.165, 1.54) is 36.2 Å². The molecule has 3 aromatic rings. The zero-order valence-electron chi connectivity index (χ0n) is 36.9. The molecule has 3 fully saturated rings. The number of benzene rings is 2. The maximum Gasteiger partial charge on any atom is 0.373 e. The number of aromatic nitrogens is 1. The van der Waals surface area contributed by atoms with Crippen LogP contribution in [-0.2, 0) is 50.7 Å². The summed E-state index contributed by atoms with van der Waals surface area (Å²) in [6, 6.07) is 12.5. The second-order valence-corrected chi connectivity index (χ2v) is 19.1. The zero-order chi connectivity index (χ0) is 43.9. The van der Waals surface area contributed by atoms with Gasteiger partial charge in [-0.1, -0.05) is 50.3 Å². The molecular weight excluding hydrogens is 775 g/mol. The van der Waals surface area contributed by atoms with E-state index in [0.29, 0.717) is 12.3 Å². The van der Waals surface area contributed by atoms with Crippen LogP contribution >= 0.6 is 0 Å². The lowest BCUT2D eigenvalue weighted by Gasteiger charge is -2.63. The van der Waals surface area contributed by atoms with E-state index in [1.54, 1.807) is 6.92 Å². The number of hydrogen-bond donors (Lipinski definition) is 3. The average molecular weight is 836 g/mol. The van der Waals surface area contributed by atoms with Gasteiger partial charge in [0.15, 0.2) is 6.10 Å². The van der Waals surface area contributed by atoms with Gasteiger partial charge in [0.1, 0.15) is 0 Å². The van der Waals surface area contributed by atoms with Gasteiger partial charge in [-0.2, -0.15) is 9.59 Å². The van der Waals surface area contributed by atoms with Crippen LogP contribution in [0.5, 0.6) is 0 Å². The number of aromatic amines is 1. The van der Waals surface area contributed by atoms with Gasteiger partial charge in [0, 0.05) is 91.6 Å². The Labute approximate surface area is 358 Å². The summed E-state index contributed by atoms with van der Waals surface area (Å²) in [5.74, 6) is -1.01. The van der Waals surface area contributed by atoms with Crippen LogP contribution in [0.15, 0.2) is 48.6 Å². The second kappa shape index (κ2) is 15.2. The van der Waals surface area contributed by atoms with E-state index in [2.05, 4.69) is 101 Å². The number of likely N-dealkylation sites (N-methyl/N-ethyl adjacent to an activating group) is 1. The lowest BCUT2D eigenvalue weighted by atomic mass is 9.47. The van der Waals surface area contributed by atoms with Gasteiger partial charge in [-0.15, -0.1) is 0 Å². The number of H-pyrrole nitrogens is 1. The summed E-state index contributed by atoms with van der Waals surface area (Å²) in [6.45, 7) is 16.1. The molecule has 2 bridgehead atoms. The predicted molar refractivity (Wildman–Crippen MR) is 229 cm³/mol. The molecule has 61 heavy (non-hydrogen) atoms. The van der Waals surface area contributed by atoms with Crippen molar-refractivity contribution < 1.29 is 38.6 Å². The highest BCUT2D eigenvalue weighted by molar-refractivity contribution is 5.88. The van der Waals surface area contributed by atoms with E-state index in [0.717, 1.165) is 87.2 Å². The highest BCUT2D eigenvalue weighted by Gasteiger charge is 2.80. The Morgan fingerprint density at radius 1 is 1.03 bits per heavy atom. The van der Waals surface area contributed by atoms with Crippen LogP contribution in [0.25, 0.3) is 10.9 Å². The lowest BCUT2D eigenvalue weighted by molar-refractivity contribution is -0.228. The first-order valence-electron chi connectivity index (χ1n) is 21.9. The number of esters is 2. The summed E-state index contributed by atoms with van der Waals surface area (Å²) in [7, 11) is 3.29. The molecule has 2 saturated heterocycles. The Morgan fingerprint density at radius 2 is 1.77 bits per heavy atom. The van der Waals surface area contributed by atoms with Gasteiger partial charge in [-0.3, -0.25) is 14.5 Å². The van der Waals surface area contributed by atoms with Crippen molar-refractivity contribution in [2.45, 2.75) is 120 Å². The van der Waals surface area contributed by atoms with Gasteiger partial charge in [-0.25, -0.2) is 4.79 Å². The molecule has 10 atom stereocenters. The molecule has 9 rings (SSSR count). The maximum atomic E-state index is 14.4. The summed E-state index contributed by atoms with van der Waals surface area (Å²) < 4.78 is 11.7. The fourth-order valence-electron chi connectivity index (χ4n) is 14.1. The van der Waals surface area contributed by atoms with E-state index in [9.17, 15) is 19.5 Å². The Bertz CT molecular complexity index is 2340. The molecule has 6 heterocycles. The molecule has 1 saturated carbocycles. The van der Waals surface area contributed by atoms with Gasteiger partial charge in [0.2, 0.25) is 11.5 Å². The van der Waals surface area contributed by atoms with Crippen LogP contribution in [0.3, 0.4) is 0 Å². The molecule has 1 spiro atoms. The number of nitrogens with zero attached hydrogens (tertiary/aromatic N) is 3. The molecule has 1 aliphatic carbocycles. The number of carbonyl (C=O) groups is 3. The molecule has 5 aliphatic heterocycles. The molecular formula is C48H61N5O8. The van der Waals surface area contributed by atoms with Crippen molar-refractivity contribution in [1.29, 1.82) is 0 Å². The number of carbonyl (C=O) groups excluding carboxylic acids is 5. The monoisotopic (exact) mass is 835 g/mol. The van der Waals surface area contributed by atoms with Crippen LogP contribution in [0, 0.1) is 18.3 Å². The van der Waals surface area contributed by atoms with E-state index in [1.807, 2.05) is 7.05 Å². The molecule has 6 aliphatic rings. The van der Waals surface area contributed by atoms with Crippen molar-refractivity contribution in [3.05, 3.63) is 76.5 Å². The smallest absolute Gasteiger partial charge is 0.373 e. The summed E-state index contributed by atoms with van der Waals surface area (Å²) >= 11 is 0. The number of aliphatic hydroxyl groups is 1. The van der Waals surface area contributed by atoms with Gasteiger partial charge in [0.25, 0.3) is 0 Å². The summed E-state index contributed by atoms with van der Waals surface area (Å²) in [5.41, 5.74) is 3.72. The SMILES string of the molecule is CCC1(NC(C)=O)C[C@H]2CN(CCc3c([nH]c4ccccc34)[C@@](C)(c3cc4c(cc3C)N(C)C3[C@]45CCN4CC=C[C@@](CC)([C@@H](OC(C)=O)[C@]3(O)C(=O)OC)[C@H]45)C2)C1.O=C=O. The molecule has 13 nitrogen and oxygen atoms in total. The van der Waals surface area contributed by atoms with Crippen molar-refractivity contribution in [3.63, 3.8) is 0 Å². The third-order valence-corrected chi connectivity index (χ3v) is 15.9. The fraction of sp³-hybridized carbons (Fsp3) is 0.583. The zero-order valence-corrected chi connectivity index (χ0v) is 36.9. The van der Waals surface area contributed by atoms with Crippen molar-refractivity contribution in [2.24, 2.45) is 11.3 Å². The first-order chi connectivity index (χ1) is 29.0. The first-order valence-corrected chi connectivity index (χ1v) is 21.9. The Hall–Kier alpha value is -4.81. The van der Waals surface area contributed by atoms with E-state index in [4.69, 9.17) is 19.1 Å². The minimum absolute atomic E-state index is 0.0188. The van der Waals surface area contributed by atoms with Crippen molar-refractivity contribution >= 4 is 40.6 Å². The number of methoxy groups -OCH3 is 1. The molecule has 0 radical (unpaired) electrons. The van der Waals surface area contributed by atoms with Gasteiger partial charge < -0.3 is 34.7 Å². The van der Waals surface area contributed by atoms with Crippen molar-refractivity contribution in [3.8, 4) is 0 Å². The topological polar surface area (TPSA) is 162 Å². The number of amides is 1. The molecule has 326 valence electrons. The van der Waals surface area contributed by atoms with Gasteiger partial charge in [-0.05, 0) is 99.2 Å². The Kier molecular flexibility index (Phi) is 10.7. The lowest BCUT2D eigenvalue weighted by Crippen LogP contribution is -2.81. The number of aryl methyl sites for hydroxylation is 1. The van der Waals surface area contributed by atoms with Crippen LogP contribution in [-0.4, -0.2) is 120 Å². The molecule has 13 heteroatoms. The number of para-hydroxylation sites is 1. The minimum Gasteiger partial charge on any atom is -0.467 e. The number of nitrogens with one attached hydrogen (secondary N) is 2. The van der Waals surface area contributed by atoms with E-state index < -0.39 is 45.9 Å². The summed E-state index contributed by atoms with van der Waals surface area (Å²) in [6.07, 6.45) is 8.12. The molecule has 3 unspecified atom stereocenters. The normalized spacial score (nSPS) is 35.8. The third kappa shape index (κ3) is 6.08. The van der Waals surface area contributed by atoms with Crippen LogP contribution in [0.1, 0.15) is 94.7 Å². The Morgan fingerprint density at radius 3 is 2.44 bits per heavy atom.